The van der Waals surface area contributed by atoms with Crippen molar-refractivity contribution >= 4 is 17.1 Å². The van der Waals surface area contributed by atoms with Gasteiger partial charge < -0.3 is 19.7 Å². The Balaban J connectivity index is 1.54. The molecule has 1 aliphatic rings. The predicted octanol–water partition coefficient (Wildman–Crippen LogP) is 4.45. The van der Waals surface area contributed by atoms with E-state index in [9.17, 15) is 9.90 Å². The van der Waals surface area contributed by atoms with Crippen LogP contribution in [0.5, 0.6) is 5.75 Å². The number of piperidine rings is 1. The number of aromatic amines is 1. The van der Waals surface area contributed by atoms with Gasteiger partial charge in [0.2, 0.25) is 0 Å². The van der Waals surface area contributed by atoms with Crippen molar-refractivity contribution in [2.45, 2.75) is 45.1 Å². The minimum atomic E-state index is -0.483. The monoisotopic (exact) mass is 394 g/mol. The van der Waals surface area contributed by atoms with Crippen LogP contribution < -0.4 is 0 Å². The molecule has 0 atom stereocenters. The third kappa shape index (κ3) is 4.04. The molecule has 29 heavy (non-hydrogen) atoms. The normalized spacial score (nSPS) is 15.6. The highest BCUT2D eigenvalue weighted by Gasteiger charge is 2.28. The van der Waals surface area contributed by atoms with Crippen molar-refractivity contribution in [2.24, 2.45) is 0 Å². The van der Waals surface area contributed by atoms with Crippen molar-refractivity contribution in [3.8, 4) is 17.0 Å². The lowest BCUT2D eigenvalue weighted by atomic mass is 9.89. The van der Waals surface area contributed by atoms with Gasteiger partial charge in [-0.2, -0.15) is 0 Å². The summed E-state index contributed by atoms with van der Waals surface area (Å²) in [7, 11) is 0. The summed E-state index contributed by atoms with van der Waals surface area (Å²) < 4.78 is 5.49. The number of carbonyl (C=O) groups excluding carboxylic acids is 1. The predicted molar refractivity (Wildman–Crippen MR) is 111 cm³/mol. The average Bonchev–Trinajstić information content (AvgIpc) is 3.10. The standard InChI is InChI=1S/C22H26N4O3/c1-22(2,3)29-21(28)26-10-8-14(9-11-26)17-13-23-20-16(17)12-18(24-25-20)15-6-4-5-7-19(15)27/h4-7,12-14,27H,8-11H2,1-3H3,(H,23,25). The van der Waals surface area contributed by atoms with E-state index < -0.39 is 5.60 Å². The van der Waals surface area contributed by atoms with Gasteiger partial charge in [-0.05, 0) is 63.3 Å². The first-order chi connectivity index (χ1) is 13.8. The van der Waals surface area contributed by atoms with E-state index in [0.717, 1.165) is 23.9 Å². The SMILES string of the molecule is CC(C)(C)OC(=O)N1CCC(c2c[nH]c3nnc(-c4ccccc4O)cc23)CC1. The first-order valence-electron chi connectivity index (χ1n) is 9.93. The minimum absolute atomic E-state index is 0.184. The number of phenolic OH excluding ortho intramolecular Hbond substituents is 1. The first-order valence-corrected chi connectivity index (χ1v) is 9.93. The Hall–Kier alpha value is -3.09. The highest BCUT2D eigenvalue weighted by molar-refractivity contribution is 5.84. The fourth-order valence-corrected chi connectivity index (χ4v) is 3.80. The molecule has 2 N–H and O–H groups in total. The number of rotatable bonds is 2. The number of para-hydroxylation sites is 1. The molecule has 1 aliphatic heterocycles. The summed E-state index contributed by atoms with van der Waals surface area (Å²) in [5, 5.41) is 19.7. The van der Waals surface area contributed by atoms with Gasteiger partial charge >= 0.3 is 6.09 Å². The fourth-order valence-electron chi connectivity index (χ4n) is 3.80. The number of hydrogen-bond acceptors (Lipinski definition) is 5. The van der Waals surface area contributed by atoms with Crippen molar-refractivity contribution in [1.29, 1.82) is 0 Å². The molecule has 1 saturated heterocycles. The van der Waals surface area contributed by atoms with Gasteiger partial charge in [0.25, 0.3) is 0 Å². The smallest absolute Gasteiger partial charge is 0.410 e. The van der Waals surface area contributed by atoms with Crippen LogP contribution in [0.3, 0.4) is 0 Å². The number of carbonyl (C=O) groups is 1. The number of amides is 1. The number of fused-ring (bicyclic) bond motifs is 1. The lowest BCUT2D eigenvalue weighted by Gasteiger charge is -2.33. The largest absolute Gasteiger partial charge is 0.507 e. The van der Waals surface area contributed by atoms with Crippen LogP contribution in [0, 0.1) is 0 Å². The Kier molecular flexibility index (Phi) is 4.90. The Labute approximate surface area is 169 Å². The van der Waals surface area contributed by atoms with Crippen LogP contribution >= 0.6 is 0 Å². The van der Waals surface area contributed by atoms with Gasteiger partial charge in [-0.1, -0.05) is 12.1 Å². The van der Waals surface area contributed by atoms with Gasteiger partial charge in [0.1, 0.15) is 11.4 Å². The van der Waals surface area contributed by atoms with Crippen molar-refractivity contribution < 1.29 is 14.6 Å². The fraction of sp³-hybridized carbons (Fsp3) is 0.409. The van der Waals surface area contributed by atoms with Gasteiger partial charge in [0, 0.05) is 30.2 Å². The van der Waals surface area contributed by atoms with Crippen LogP contribution in [0.4, 0.5) is 4.79 Å². The van der Waals surface area contributed by atoms with Crippen LogP contribution in [-0.2, 0) is 4.74 Å². The van der Waals surface area contributed by atoms with E-state index in [0.29, 0.717) is 30.3 Å². The molecule has 0 aliphatic carbocycles. The number of ether oxygens (including phenoxy) is 1. The van der Waals surface area contributed by atoms with Crippen LogP contribution in [0.2, 0.25) is 0 Å². The molecular weight excluding hydrogens is 368 g/mol. The molecule has 1 fully saturated rings. The Morgan fingerprint density at radius 2 is 1.93 bits per heavy atom. The molecule has 3 heterocycles. The zero-order valence-corrected chi connectivity index (χ0v) is 17.0. The Morgan fingerprint density at radius 3 is 2.62 bits per heavy atom. The third-order valence-electron chi connectivity index (χ3n) is 5.24. The molecule has 2 aromatic heterocycles. The first kappa shape index (κ1) is 19.2. The summed E-state index contributed by atoms with van der Waals surface area (Å²) in [5.41, 5.74) is 2.73. The van der Waals surface area contributed by atoms with E-state index in [2.05, 4.69) is 15.2 Å². The highest BCUT2D eigenvalue weighted by atomic mass is 16.6. The Bertz CT molecular complexity index is 1030. The number of H-pyrrole nitrogens is 1. The minimum Gasteiger partial charge on any atom is -0.507 e. The molecule has 0 unspecified atom stereocenters. The summed E-state index contributed by atoms with van der Waals surface area (Å²) >= 11 is 0. The lowest BCUT2D eigenvalue weighted by Crippen LogP contribution is -2.41. The van der Waals surface area contributed by atoms with Gasteiger partial charge in [0.05, 0.1) is 5.69 Å². The molecule has 0 radical (unpaired) electrons. The maximum atomic E-state index is 12.3. The third-order valence-corrected chi connectivity index (χ3v) is 5.24. The van der Waals surface area contributed by atoms with Crippen molar-refractivity contribution in [3.63, 3.8) is 0 Å². The number of phenols is 1. The second-order valence-electron chi connectivity index (χ2n) is 8.49. The van der Waals surface area contributed by atoms with Crippen molar-refractivity contribution in [2.75, 3.05) is 13.1 Å². The molecule has 3 aromatic rings. The average molecular weight is 394 g/mol. The summed E-state index contributed by atoms with van der Waals surface area (Å²) in [5.74, 6) is 0.507. The summed E-state index contributed by atoms with van der Waals surface area (Å²) in [4.78, 5) is 17.3. The topological polar surface area (TPSA) is 91.3 Å². The van der Waals surface area contributed by atoms with Gasteiger partial charge in [-0.25, -0.2) is 4.79 Å². The van der Waals surface area contributed by atoms with Gasteiger partial charge in [-0.3, -0.25) is 0 Å². The summed E-state index contributed by atoms with van der Waals surface area (Å²) in [6.07, 6.45) is 3.46. The number of nitrogens with one attached hydrogen (secondary N) is 1. The van der Waals surface area contributed by atoms with E-state index in [-0.39, 0.29) is 11.8 Å². The number of nitrogens with zero attached hydrogens (tertiary/aromatic N) is 3. The second-order valence-corrected chi connectivity index (χ2v) is 8.49. The summed E-state index contributed by atoms with van der Waals surface area (Å²) in [6, 6.07) is 9.10. The number of benzene rings is 1. The van der Waals surface area contributed by atoms with Gasteiger partial charge in [-0.15, -0.1) is 10.2 Å². The van der Waals surface area contributed by atoms with Crippen molar-refractivity contribution in [3.05, 3.63) is 42.1 Å². The molecule has 0 saturated carbocycles. The quantitative estimate of drug-likeness (QED) is 0.670. The number of aromatic nitrogens is 3. The molecule has 0 spiro atoms. The van der Waals surface area contributed by atoms with Gasteiger partial charge in [0.15, 0.2) is 5.65 Å². The maximum absolute atomic E-state index is 12.3. The van der Waals surface area contributed by atoms with E-state index in [4.69, 9.17) is 4.74 Å². The molecule has 4 rings (SSSR count). The van der Waals surface area contributed by atoms with E-state index >= 15 is 0 Å². The van der Waals surface area contributed by atoms with Crippen LogP contribution in [0.1, 0.15) is 45.1 Å². The molecule has 0 bridgehead atoms. The van der Waals surface area contributed by atoms with E-state index in [1.54, 1.807) is 17.0 Å². The Morgan fingerprint density at radius 1 is 1.21 bits per heavy atom. The van der Waals surface area contributed by atoms with E-state index in [1.807, 2.05) is 45.2 Å². The van der Waals surface area contributed by atoms with E-state index in [1.165, 1.54) is 5.56 Å². The number of likely N-dealkylation sites (tertiary alicyclic amines) is 1. The molecule has 152 valence electrons. The second kappa shape index (κ2) is 7.39. The maximum Gasteiger partial charge on any atom is 0.410 e. The van der Waals surface area contributed by atoms with Crippen LogP contribution in [0.25, 0.3) is 22.3 Å². The zero-order valence-electron chi connectivity index (χ0n) is 17.0. The van der Waals surface area contributed by atoms with Crippen molar-refractivity contribution in [1.82, 2.24) is 20.1 Å². The molecule has 1 amide bonds. The number of aromatic hydroxyl groups is 1. The molecule has 7 nitrogen and oxygen atoms in total. The molecular formula is C22H26N4O3. The van der Waals surface area contributed by atoms with Crippen LogP contribution in [0.15, 0.2) is 36.5 Å². The zero-order chi connectivity index (χ0) is 20.6. The number of hydrogen-bond donors (Lipinski definition) is 2. The molecule has 7 heteroatoms. The van der Waals surface area contributed by atoms with Crippen LogP contribution in [-0.4, -0.2) is 50.0 Å². The molecule has 1 aromatic carbocycles. The summed E-state index contributed by atoms with van der Waals surface area (Å²) in [6.45, 7) is 6.97. The lowest BCUT2D eigenvalue weighted by molar-refractivity contribution is 0.0205. The highest BCUT2D eigenvalue weighted by Crippen LogP contribution is 2.35.